The number of carbonyl (C=O) groups excluding carboxylic acids is 1. The van der Waals surface area contributed by atoms with Crippen molar-refractivity contribution >= 4 is 57.8 Å². The maximum absolute atomic E-state index is 13.2. The van der Waals surface area contributed by atoms with Gasteiger partial charge in [-0.3, -0.25) is 4.79 Å². The van der Waals surface area contributed by atoms with Gasteiger partial charge in [-0.25, -0.2) is 9.38 Å². The van der Waals surface area contributed by atoms with Crippen molar-refractivity contribution in [1.82, 2.24) is 5.32 Å². The van der Waals surface area contributed by atoms with Crippen LogP contribution in [0.25, 0.3) is 17.4 Å². The molecule has 2 aromatic carbocycles. The van der Waals surface area contributed by atoms with Gasteiger partial charge < -0.3 is 9.73 Å². The predicted octanol–water partition coefficient (Wildman–Crippen LogP) is 6.28. The van der Waals surface area contributed by atoms with E-state index in [-0.39, 0.29) is 10.9 Å². The van der Waals surface area contributed by atoms with Crippen molar-refractivity contribution in [2.24, 2.45) is 4.99 Å². The zero-order valence-corrected chi connectivity index (χ0v) is 16.4. The lowest BCUT2D eigenvalue weighted by molar-refractivity contribution is -0.115. The molecule has 0 bridgehead atoms. The molecule has 8 heteroatoms. The van der Waals surface area contributed by atoms with E-state index in [0.29, 0.717) is 32.3 Å². The minimum absolute atomic E-state index is 0.0314. The number of furan rings is 1. The van der Waals surface area contributed by atoms with E-state index < -0.39 is 5.82 Å². The van der Waals surface area contributed by atoms with Crippen LogP contribution in [0.4, 0.5) is 10.1 Å². The van der Waals surface area contributed by atoms with Gasteiger partial charge in [-0.2, -0.15) is 0 Å². The molecule has 2 heterocycles. The summed E-state index contributed by atoms with van der Waals surface area (Å²) in [5.74, 6) is 0.353. The number of aliphatic imine (C=N–C) groups is 1. The Labute approximate surface area is 174 Å². The summed E-state index contributed by atoms with van der Waals surface area (Å²) in [5, 5.41) is 3.62. The molecule has 0 radical (unpaired) electrons. The van der Waals surface area contributed by atoms with Gasteiger partial charge in [0.25, 0.3) is 5.91 Å². The van der Waals surface area contributed by atoms with Gasteiger partial charge in [-0.15, -0.1) is 0 Å². The van der Waals surface area contributed by atoms with E-state index in [4.69, 9.17) is 27.6 Å². The van der Waals surface area contributed by atoms with Gasteiger partial charge in [0.1, 0.15) is 17.3 Å². The van der Waals surface area contributed by atoms with Crippen molar-refractivity contribution in [1.29, 1.82) is 0 Å². The second-order valence-corrected chi connectivity index (χ2v) is 7.67. The van der Waals surface area contributed by atoms with E-state index in [9.17, 15) is 9.18 Å². The molecule has 28 heavy (non-hydrogen) atoms. The number of nitrogens with zero attached hydrogens (tertiary/aromatic N) is 1. The Hall–Kier alpha value is -2.54. The van der Waals surface area contributed by atoms with E-state index in [0.717, 1.165) is 17.3 Å². The van der Waals surface area contributed by atoms with E-state index in [1.807, 2.05) is 18.2 Å². The van der Waals surface area contributed by atoms with Crippen molar-refractivity contribution < 1.29 is 13.6 Å². The van der Waals surface area contributed by atoms with Crippen molar-refractivity contribution in [3.8, 4) is 11.3 Å². The number of carbonyl (C=O) groups is 1. The molecule has 1 N–H and O–H groups in total. The van der Waals surface area contributed by atoms with E-state index >= 15 is 0 Å². The molecule has 1 amide bonds. The number of amidine groups is 1. The third-order valence-electron chi connectivity index (χ3n) is 3.79. The summed E-state index contributed by atoms with van der Waals surface area (Å²) < 4.78 is 19.0. The number of benzene rings is 2. The average Bonchev–Trinajstić information content (AvgIpc) is 3.26. The second-order valence-electron chi connectivity index (χ2n) is 5.79. The van der Waals surface area contributed by atoms with Gasteiger partial charge >= 0.3 is 0 Å². The lowest BCUT2D eigenvalue weighted by atomic mass is 10.2. The molecular formula is C20H11Cl2FN2O2S. The lowest BCUT2D eigenvalue weighted by Crippen LogP contribution is -2.19. The van der Waals surface area contributed by atoms with Crippen LogP contribution in [0.3, 0.4) is 0 Å². The van der Waals surface area contributed by atoms with Gasteiger partial charge in [-0.1, -0.05) is 35.3 Å². The smallest absolute Gasteiger partial charge is 0.264 e. The molecule has 0 atom stereocenters. The van der Waals surface area contributed by atoms with E-state index in [1.54, 1.807) is 24.3 Å². The third-order valence-corrected chi connectivity index (χ3v) is 5.23. The molecule has 140 valence electrons. The lowest BCUT2D eigenvalue weighted by Gasteiger charge is -1.98. The average molecular weight is 433 g/mol. The molecule has 3 aromatic rings. The first-order chi connectivity index (χ1) is 13.5. The molecule has 1 fully saturated rings. The first kappa shape index (κ1) is 18.8. The van der Waals surface area contributed by atoms with Crippen molar-refractivity contribution in [3.05, 3.63) is 81.1 Å². The molecule has 1 saturated heterocycles. The molecule has 1 aliphatic rings. The fourth-order valence-corrected chi connectivity index (χ4v) is 3.70. The molecule has 0 aliphatic carbocycles. The van der Waals surface area contributed by atoms with Gasteiger partial charge in [-0.05, 0) is 54.2 Å². The van der Waals surface area contributed by atoms with Crippen LogP contribution in [0.1, 0.15) is 5.76 Å². The van der Waals surface area contributed by atoms with Crippen LogP contribution in [-0.2, 0) is 4.79 Å². The normalized spacial score (nSPS) is 16.8. The summed E-state index contributed by atoms with van der Waals surface area (Å²) in [6.45, 7) is 0. The zero-order chi connectivity index (χ0) is 19.7. The first-order valence-corrected chi connectivity index (χ1v) is 9.65. The van der Waals surface area contributed by atoms with Crippen LogP contribution in [0, 0.1) is 5.82 Å². The fraction of sp³-hybridized carbons (Fsp3) is 0. The predicted molar refractivity (Wildman–Crippen MR) is 111 cm³/mol. The molecule has 4 nitrogen and oxygen atoms in total. The largest absolute Gasteiger partial charge is 0.457 e. The zero-order valence-electron chi connectivity index (χ0n) is 14.1. The minimum atomic E-state index is -0.525. The van der Waals surface area contributed by atoms with Crippen LogP contribution in [0.2, 0.25) is 10.0 Å². The minimum Gasteiger partial charge on any atom is -0.457 e. The molecule has 0 spiro atoms. The van der Waals surface area contributed by atoms with Gasteiger partial charge in [0.05, 0.1) is 15.6 Å². The van der Waals surface area contributed by atoms with E-state index in [1.165, 1.54) is 18.2 Å². The number of hydrogen-bond acceptors (Lipinski definition) is 4. The topological polar surface area (TPSA) is 54.6 Å². The number of hydrogen-bond donors (Lipinski definition) is 1. The summed E-state index contributed by atoms with van der Waals surface area (Å²) in [7, 11) is 0. The summed E-state index contributed by atoms with van der Waals surface area (Å²) in [5.41, 5.74) is 1.29. The molecule has 0 unspecified atom stereocenters. The molecule has 4 rings (SSSR count). The Bertz CT molecular complexity index is 1140. The highest BCUT2D eigenvalue weighted by molar-refractivity contribution is 8.18. The number of nitrogens with one attached hydrogen (secondary N) is 1. The maximum Gasteiger partial charge on any atom is 0.264 e. The summed E-state index contributed by atoms with van der Waals surface area (Å²) in [4.78, 5) is 16.9. The van der Waals surface area contributed by atoms with Crippen LogP contribution in [-0.4, -0.2) is 11.1 Å². The van der Waals surface area contributed by atoms with Crippen LogP contribution in [0.15, 0.2) is 68.9 Å². The Balaban J connectivity index is 1.55. The number of thioether (sulfide) groups is 1. The van der Waals surface area contributed by atoms with Gasteiger partial charge in [0, 0.05) is 16.7 Å². The van der Waals surface area contributed by atoms with Crippen molar-refractivity contribution in [2.45, 2.75) is 0 Å². The summed E-state index contributed by atoms with van der Waals surface area (Å²) in [6.07, 6.45) is 1.63. The van der Waals surface area contributed by atoms with Crippen LogP contribution >= 0.6 is 35.0 Å². The third kappa shape index (κ3) is 4.14. The van der Waals surface area contributed by atoms with Crippen molar-refractivity contribution in [3.63, 3.8) is 0 Å². The highest BCUT2D eigenvalue weighted by Gasteiger charge is 2.24. The molecule has 1 aromatic heterocycles. The highest BCUT2D eigenvalue weighted by atomic mass is 35.5. The van der Waals surface area contributed by atoms with Crippen LogP contribution in [0.5, 0.6) is 0 Å². The number of halogens is 3. The number of amides is 1. The van der Waals surface area contributed by atoms with Crippen molar-refractivity contribution in [2.75, 3.05) is 0 Å². The second kappa shape index (κ2) is 7.83. The molecule has 1 aliphatic heterocycles. The Morgan fingerprint density at radius 2 is 1.96 bits per heavy atom. The fourth-order valence-electron chi connectivity index (χ4n) is 2.51. The summed E-state index contributed by atoms with van der Waals surface area (Å²) in [6, 6.07) is 15.0. The number of rotatable bonds is 3. The molecular weight excluding hydrogens is 422 g/mol. The van der Waals surface area contributed by atoms with Crippen LogP contribution < -0.4 is 5.32 Å². The van der Waals surface area contributed by atoms with Gasteiger partial charge in [0.2, 0.25) is 0 Å². The first-order valence-electron chi connectivity index (χ1n) is 8.08. The Morgan fingerprint density at radius 1 is 1.11 bits per heavy atom. The Morgan fingerprint density at radius 3 is 2.75 bits per heavy atom. The van der Waals surface area contributed by atoms with E-state index in [2.05, 4.69) is 10.3 Å². The Kier molecular flexibility index (Phi) is 5.26. The maximum atomic E-state index is 13.2. The monoisotopic (exact) mass is 432 g/mol. The highest BCUT2D eigenvalue weighted by Crippen LogP contribution is 2.31. The van der Waals surface area contributed by atoms with Gasteiger partial charge in [0.15, 0.2) is 5.17 Å². The SMILES string of the molecule is O=C1NC(=Nc2ccc(F)c(Cl)c2)SC1=Cc1ccc(-c2cccc(Cl)c2)o1. The molecule has 0 saturated carbocycles. The quantitative estimate of drug-likeness (QED) is 0.495. The summed E-state index contributed by atoms with van der Waals surface area (Å²) >= 11 is 12.9. The standard InChI is InChI=1S/C20H11Cl2FN2O2S/c21-12-3-1-2-11(8-12)17-7-5-14(27-17)10-18-19(26)25-20(28-18)24-13-4-6-16(23)15(22)9-13/h1-10H,(H,24,25,26).